The summed E-state index contributed by atoms with van der Waals surface area (Å²) >= 11 is 6.17. The van der Waals surface area contributed by atoms with E-state index in [0.717, 1.165) is 23.6 Å². The summed E-state index contributed by atoms with van der Waals surface area (Å²) in [5.41, 5.74) is 9.40. The van der Waals surface area contributed by atoms with E-state index in [1.165, 1.54) is 24.1 Å². The molecule has 0 heterocycles. The molecule has 0 aromatic carbocycles. The first-order valence-electron chi connectivity index (χ1n) is 5.91. The van der Waals surface area contributed by atoms with Crippen LogP contribution in [-0.2, 0) is 0 Å². The summed E-state index contributed by atoms with van der Waals surface area (Å²) in [7, 11) is 0. The second-order valence-electron chi connectivity index (χ2n) is 4.71. The van der Waals surface area contributed by atoms with Crippen molar-refractivity contribution >= 4 is 11.6 Å². The molecule has 2 aliphatic rings. The molecule has 0 fully saturated rings. The average Bonchev–Trinajstić information content (AvgIpc) is 2.27. The van der Waals surface area contributed by atoms with E-state index in [1.54, 1.807) is 6.20 Å². The van der Waals surface area contributed by atoms with E-state index in [9.17, 15) is 0 Å². The van der Waals surface area contributed by atoms with E-state index < -0.39 is 0 Å². The highest BCUT2D eigenvalue weighted by atomic mass is 35.5. The molecule has 0 spiro atoms. The fourth-order valence-corrected chi connectivity index (χ4v) is 3.00. The van der Waals surface area contributed by atoms with Gasteiger partial charge in [0.1, 0.15) is 0 Å². The fraction of sp³-hybridized carbons (Fsp3) is 0.538. The van der Waals surface area contributed by atoms with E-state index in [4.69, 9.17) is 17.3 Å². The number of nitrogens with two attached hydrogens (primary N) is 1. The van der Waals surface area contributed by atoms with Gasteiger partial charge >= 0.3 is 0 Å². The molecule has 0 amide bonds. The van der Waals surface area contributed by atoms with Gasteiger partial charge in [-0.05, 0) is 49.3 Å². The largest absolute Gasteiger partial charge is 0.398 e. The lowest BCUT2D eigenvalue weighted by Crippen LogP contribution is -2.30. The van der Waals surface area contributed by atoms with Gasteiger partial charge in [0.15, 0.2) is 0 Å². The van der Waals surface area contributed by atoms with Gasteiger partial charge < -0.3 is 11.1 Å². The van der Waals surface area contributed by atoms with Crippen molar-refractivity contribution in [2.75, 3.05) is 0 Å². The number of allylic oxidation sites excluding steroid dienone is 3. The highest BCUT2D eigenvalue weighted by molar-refractivity contribution is 6.30. The standard InChI is InChI=1S/C13H19ClN2/c1-3-16-13-8(2)4-5-9-6-7-10(14)12(15)11(9)13/h3,8-9,16H,1,4-7,15H2,2H3. The minimum Gasteiger partial charge on any atom is -0.398 e. The van der Waals surface area contributed by atoms with Gasteiger partial charge in [0.25, 0.3) is 0 Å². The maximum atomic E-state index is 6.17. The molecule has 2 unspecified atom stereocenters. The molecule has 2 rings (SSSR count). The Bertz CT molecular complexity index is 368. The highest BCUT2D eigenvalue weighted by Gasteiger charge is 2.32. The van der Waals surface area contributed by atoms with Crippen molar-refractivity contribution in [1.82, 2.24) is 5.32 Å². The van der Waals surface area contributed by atoms with Crippen LogP contribution in [0.5, 0.6) is 0 Å². The summed E-state index contributed by atoms with van der Waals surface area (Å²) in [4.78, 5) is 0. The smallest absolute Gasteiger partial charge is 0.0514 e. The van der Waals surface area contributed by atoms with Crippen LogP contribution in [0.3, 0.4) is 0 Å². The van der Waals surface area contributed by atoms with Gasteiger partial charge in [0.05, 0.1) is 5.70 Å². The Kier molecular flexibility index (Phi) is 3.29. The molecule has 2 aliphatic carbocycles. The molecule has 88 valence electrons. The minimum absolute atomic E-state index is 0.519. The first-order chi connectivity index (χ1) is 7.65. The average molecular weight is 239 g/mol. The third-order valence-electron chi connectivity index (χ3n) is 3.69. The van der Waals surface area contributed by atoms with Gasteiger partial charge in [0, 0.05) is 10.7 Å². The van der Waals surface area contributed by atoms with Crippen molar-refractivity contribution in [2.45, 2.75) is 32.6 Å². The van der Waals surface area contributed by atoms with Crippen molar-refractivity contribution < 1.29 is 0 Å². The van der Waals surface area contributed by atoms with Crippen LogP contribution in [0, 0.1) is 11.8 Å². The normalized spacial score (nSPS) is 30.1. The van der Waals surface area contributed by atoms with Crippen LogP contribution in [-0.4, -0.2) is 0 Å². The van der Waals surface area contributed by atoms with Gasteiger partial charge in [-0.3, -0.25) is 0 Å². The zero-order chi connectivity index (χ0) is 11.7. The minimum atomic E-state index is 0.519. The monoisotopic (exact) mass is 238 g/mol. The van der Waals surface area contributed by atoms with Crippen LogP contribution >= 0.6 is 11.6 Å². The number of halogens is 1. The topological polar surface area (TPSA) is 38.0 Å². The first kappa shape index (κ1) is 11.6. The zero-order valence-electron chi connectivity index (χ0n) is 9.72. The summed E-state index contributed by atoms with van der Waals surface area (Å²) in [5.74, 6) is 1.10. The second kappa shape index (κ2) is 4.54. The van der Waals surface area contributed by atoms with Gasteiger partial charge in [-0.25, -0.2) is 0 Å². The molecule has 0 aromatic heterocycles. The summed E-state index contributed by atoms with van der Waals surface area (Å²) in [6, 6.07) is 0. The number of hydrogen-bond donors (Lipinski definition) is 2. The molecule has 16 heavy (non-hydrogen) atoms. The Morgan fingerprint density at radius 2 is 2.19 bits per heavy atom. The van der Waals surface area contributed by atoms with Crippen molar-refractivity contribution in [3.05, 3.63) is 34.8 Å². The van der Waals surface area contributed by atoms with Crippen LogP contribution in [0.15, 0.2) is 34.8 Å². The van der Waals surface area contributed by atoms with Crippen LogP contribution in [0.25, 0.3) is 0 Å². The maximum Gasteiger partial charge on any atom is 0.0514 e. The quantitative estimate of drug-likeness (QED) is 0.775. The predicted molar refractivity (Wildman–Crippen MR) is 68.5 cm³/mol. The lowest BCUT2D eigenvalue weighted by atomic mass is 9.74. The van der Waals surface area contributed by atoms with E-state index in [0.29, 0.717) is 11.8 Å². The third kappa shape index (κ3) is 1.86. The van der Waals surface area contributed by atoms with Crippen LogP contribution in [0.4, 0.5) is 0 Å². The number of fused-ring (bicyclic) bond motifs is 1. The van der Waals surface area contributed by atoms with Crippen molar-refractivity contribution in [3.63, 3.8) is 0 Å². The van der Waals surface area contributed by atoms with E-state index in [1.807, 2.05) is 0 Å². The molecule has 0 bridgehead atoms. The summed E-state index contributed by atoms with van der Waals surface area (Å²) in [6.45, 7) is 5.96. The summed E-state index contributed by atoms with van der Waals surface area (Å²) in [6.07, 6.45) is 6.23. The predicted octanol–water partition coefficient (Wildman–Crippen LogP) is 3.22. The number of hydrogen-bond acceptors (Lipinski definition) is 2. The van der Waals surface area contributed by atoms with Crippen LogP contribution in [0.2, 0.25) is 0 Å². The van der Waals surface area contributed by atoms with Gasteiger partial charge in [-0.2, -0.15) is 0 Å². The molecule has 2 nitrogen and oxygen atoms in total. The summed E-state index contributed by atoms with van der Waals surface area (Å²) in [5, 5.41) is 4.08. The highest BCUT2D eigenvalue weighted by Crippen LogP contribution is 2.43. The molecule has 0 radical (unpaired) electrons. The molecular weight excluding hydrogens is 220 g/mol. The molecule has 3 heteroatoms. The Hall–Kier alpha value is -0.890. The summed E-state index contributed by atoms with van der Waals surface area (Å²) < 4.78 is 0. The maximum absolute atomic E-state index is 6.17. The SMILES string of the molecule is C=CNC1=C2C(N)=C(Cl)CCC2CCC1C. The molecule has 0 aromatic rings. The van der Waals surface area contributed by atoms with E-state index in [-0.39, 0.29) is 0 Å². The van der Waals surface area contributed by atoms with Gasteiger partial charge in [-0.1, -0.05) is 25.1 Å². The van der Waals surface area contributed by atoms with Crippen molar-refractivity contribution in [1.29, 1.82) is 0 Å². The molecular formula is C13H19ClN2. The van der Waals surface area contributed by atoms with E-state index >= 15 is 0 Å². The Morgan fingerprint density at radius 3 is 2.88 bits per heavy atom. The Morgan fingerprint density at radius 1 is 1.44 bits per heavy atom. The number of nitrogens with one attached hydrogen (secondary N) is 1. The second-order valence-corrected chi connectivity index (χ2v) is 5.16. The molecule has 0 aliphatic heterocycles. The Balaban J connectivity index is 2.48. The van der Waals surface area contributed by atoms with Crippen LogP contribution < -0.4 is 11.1 Å². The molecule has 2 atom stereocenters. The third-order valence-corrected chi connectivity index (χ3v) is 4.08. The first-order valence-corrected chi connectivity index (χ1v) is 6.29. The van der Waals surface area contributed by atoms with Gasteiger partial charge in [-0.15, -0.1) is 0 Å². The lowest BCUT2D eigenvalue weighted by molar-refractivity contribution is 0.397. The molecule has 3 N–H and O–H groups in total. The van der Waals surface area contributed by atoms with E-state index in [2.05, 4.69) is 18.8 Å². The van der Waals surface area contributed by atoms with Crippen molar-refractivity contribution in [3.8, 4) is 0 Å². The fourth-order valence-electron chi connectivity index (χ4n) is 2.79. The molecule has 0 saturated carbocycles. The van der Waals surface area contributed by atoms with Gasteiger partial charge in [0.2, 0.25) is 0 Å². The lowest BCUT2D eigenvalue weighted by Gasteiger charge is -2.35. The Labute approximate surface area is 102 Å². The number of rotatable bonds is 2. The molecule has 0 saturated heterocycles. The van der Waals surface area contributed by atoms with Crippen LogP contribution in [0.1, 0.15) is 32.6 Å². The zero-order valence-corrected chi connectivity index (χ0v) is 10.5. The van der Waals surface area contributed by atoms with Crippen molar-refractivity contribution in [2.24, 2.45) is 17.6 Å².